The Morgan fingerprint density at radius 1 is 1.52 bits per heavy atom. The average molecular weight is 334 g/mol. The van der Waals surface area contributed by atoms with Gasteiger partial charge in [0.1, 0.15) is 6.73 Å². The fraction of sp³-hybridized carbons (Fsp3) is 0.455. The van der Waals surface area contributed by atoms with Gasteiger partial charge in [-0.3, -0.25) is 24.5 Å². The van der Waals surface area contributed by atoms with E-state index in [1.54, 1.807) is 0 Å². The molecule has 2 N–H and O–H groups in total. The normalized spacial score (nSPS) is 11.2. The molecule has 21 heavy (non-hydrogen) atoms. The van der Waals surface area contributed by atoms with Gasteiger partial charge in [-0.15, -0.1) is 23.2 Å². The number of ether oxygens (including phenoxy) is 1. The lowest BCUT2D eigenvalue weighted by molar-refractivity contribution is -0.114. The van der Waals surface area contributed by atoms with Gasteiger partial charge >= 0.3 is 0 Å². The molecule has 0 aliphatic carbocycles. The molecular weight excluding hydrogens is 321 g/mol. The van der Waals surface area contributed by atoms with Crippen molar-refractivity contribution in [1.82, 2.24) is 19.5 Å². The quantitative estimate of drug-likeness (QED) is 0.764. The molecular formula is C11H13Cl2N5O3. The molecule has 0 radical (unpaired) electrons. The SMILES string of the molecule is CC(=O)Nc1nc2c(ncn2COC(CCl)CCl)c(=O)[nH]1. The molecule has 1 amide bonds. The monoisotopic (exact) mass is 333 g/mol. The van der Waals surface area contributed by atoms with Crippen LogP contribution in [0.15, 0.2) is 11.1 Å². The number of fused-ring (bicyclic) bond motifs is 1. The first kappa shape index (κ1) is 15.7. The number of rotatable bonds is 6. The number of nitrogens with one attached hydrogen (secondary N) is 2. The third kappa shape index (κ3) is 3.72. The summed E-state index contributed by atoms with van der Waals surface area (Å²) in [7, 11) is 0. The second-order valence-electron chi connectivity index (χ2n) is 4.21. The Labute approximate surface area is 129 Å². The number of imidazole rings is 1. The van der Waals surface area contributed by atoms with Gasteiger partial charge in [-0.05, 0) is 0 Å². The van der Waals surface area contributed by atoms with Crippen molar-refractivity contribution >= 4 is 46.2 Å². The maximum Gasteiger partial charge on any atom is 0.280 e. The number of amides is 1. The fourth-order valence-electron chi connectivity index (χ4n) is 1.59. The first-order valence-corrected chi connectivity index (χ1v) is 7.08. The highest BCUT2D eigenvalue weighted by Crippen LogP contribution is 2.09. The van der Waals surface area contributed by atoms with E-state index in [1.807, 2.05) is 0 Å². The molecule has 0 saturated heterocycles. The minimum Gasteiger partial charge on any atom is -0.355 e. The van der Waals surface area contributed by atoms with Gasteiger partial charge in [-0.1, -0.05) is 0 Å². The summed E-state index contributed by atoms with van der Waals surface area (Å²) >= 11 is 11.4. The number of H-pyrrole nitrogens is 1. The summed E-state index contributed by atoms with van der Waals surface area (Å²) in [5.41, 5.74) is 0.000121. The van der Waals surface area contributed by atoms with Gasteiger partial charge in [0.15, 0.2) is 11.2 Å². The van der Waals surface area contributed by atoms with Crippen LogP contribution in [0.3, 0.4) is 0 Å². The number of carbonyl (C=O) groups excluding carboxylic acids is 1. The molecule has 0 aliphatic rings. The first-order valence-electron chi connectivity index (χ1n) is 6.01. The van der Waals surface area contributed by atoms with Gasteiger partial charge in [0.25, 0.3) is 5.56 Å². The molecule has 0 atom stereocenters. The van der Waals surface area contributed by atoms with Gasteiger partial charge in [0.05, 0.1) is 12.4 Å². The number of halogens is 2. The lowest BCUT2D eigenvalue weighted by Gasteiger charge is -2.12. The summed E-state index contributed by atoms with van der Waals surface area (Å²) in [5.74, 6) is 0.208. The molecule has 2 heterocycles. The highest BCUT2D eigenvalue weighted by atomic mass is 35.5. The second-order valence-corrected chi connectivity index (χ2v) is 4.83. The van der Waals surface area contributed by atoms with Crippen LogP contribution in [0.4, 0.5) is 5.95 Å². The highest BCUT2D eigenvalue weighted by Gasteiger charge is 2.12. The number of aromatic amines is 1. The topological polar surface area (TPSA) is 102 Å². The predicted molar refractivity (Wildman–Crippen MR) is 78.8 cm³/mol. The molecule has 0 fully saturated rings. The molecule has 0 spiro atoms. The molecule has 8 nitrogen and oxygen atoms in total. The summed E-state index contributed by atoms with van der Waals surface area (Å²) < 4.78 is 7.00. The van der Waals surface area contributed by atoms with Crippen molar-refractivity contribution in [3.8, 4) is 0 Å². The fourth-order valence-corrected chi connectivity index (χ4v) is 2.10. The van der Waals surface area contributed by atoms with E-state index in [0.29, 0.717) is 5.65 Å². The van der Waals surface area contributed by atoms with E-state index in [1.165, 1.54) is 17.8 Å². The van der Waals surface area contributed by atoms with Crippen molar-refractivity contribution in [2.75, 3.05) is 17.1 Å². The molecule has 0 aliphatic heterocycles. The largest absolute Gasteiger partial charge is 0.355 e. The van der Waals surface area contributed by atoms with Crippen molar-refractivity contribution < 1.29 is 9.53 Å². The zero-order chi connectivity index (χ0) is 15.4. The minimum absolute atomic E-state index is 0.0491. The number of hydrogen-bond acceptors (Lipinski definition) is 5. The maximum absolute atomic E-state index is 11.8. The van der Waals surface area contributed by atoms with Crippen molar-refractivity contribution in [2.45, 2.75) is 19.8 Å². The molecule has 2 aromatic rings. The molecule has 0 unspecified atom stereocenters. The van der Waals surface area contributed by atoms with Crippen LogP contribution in [0.1, 0.15) is 6.92 Å². The Hall–Kier alpha value is -1.64. The zero-order valence-corrected chi connectivity index (χ0v) is 12.6. The van der Waals surface area contributed by atoms with Crippen LogP contribution in [0.25, 0.3) is 11.2 Å². The van der Waals surface area contributed by atoms with Crippen molar-refractivity contribution in [3.05, 3.63) is 16.7 Å². The summed E-state index contributed by atoms with van der Waals surface area (Å²) in [4.78, 5) is 33.4. The minimum atomic E-state index is -0.450. The molecule has 0 aromatic carbocycles. The highest BCUT2D eigenvalue weighted by molar-refractivity contribution is 6.21. The smallest absolute Gasteiger partial charge is 0.280 e. The van der Waals surface area contributed by atoms with E-state index < -0.39 is 5.56 Å². The lowest BCUT2D eigenvalue weighted by Crippen LogP contribution is -2.20. The lowest BCUT2D eigenvalue weighted by atomic mass is 10.5. The number of aromatic nitrogens is 4. The van der Waals surface area contributed by atoms with Gasteiger partial charge < -0.3 is 4.74 Å². The molecule has 0 bridgehead atoms. The molecule has 114 valence electrons. The Balaban J connectivity index is 2.30. The summed E-state index contributed by atoms with van der Waals surface area (Å²) in [6.07, 6.45) is 1.10. The van der Waals surface area contributed by atoms with Crippen molar-refractivity contribution in [3.63, 3.8) is 0 Å². The van der Waals surface area contributed by atoms with Crippen LogP contribution in [-0.4, -0.2) is 43.3 Å². The standard InChI is InChI=1S/C11H13Cl2N5O3/c1-6(19)15-11-16-9-8(10(20)17-11)14-4-18(9)5-21-7(2-12)3-13/h4,7H,2-3,5H2,1H3,(H2,15,16,17,19,20). The number of nitrogens with zero attached hydrogens (tertiary/aromatic N) is 3. The molecule has 10 heteroatoms. The van der Waals surface area contributed by atoms with Crippen LogP contribution in [0.2, 0.25) is 0 Å². The molecule has 2 rings (SSSR count). The Morgan fingerprint density at radius 3 is 2.86 bits per heavy atom. The van der Waals surface area contributed by atoms with Crippen molar-refractivity contribution in [2.24, 2.45) is 0 Å². The van der Waals surface area contributed by atoms with Gasteiger partial charge in [0, 0.05) is 18.7 Å². The summed E-state index contributed by atoms with van der Waals surface area (Å²) in [5, 5.41) is 2.41. The number of alkyl halides is 2. The Morgan fingerprint density at radius 2 is 2.24 bits per heavy atom. The van der Waals surface area contributed by atoms with Crippen LogP contribution < -0.4 is 10.9 Å². The van der Waals surface area contributed by atoms with Crippen LogP contribution in [-0.2, 0) is 16.3 Å². The van der Waals surface area contributed by atoms with Crippen molar-refractivity contribution in [1.29, 1.82) is 0 Å². The van der Waals surface area contributed by atoms with Crippen LogP contribution >= 0.6 is 23.2 Å². The van der Waals surface area contributed by atoms with E-state index >= 15 is 0 Å². The molecule has 0 saturated carbocycles. The third-order valence-electron chi connectivity index (χ3n) is 2.56. The predicted octanol–water partition coefficient (Wildman–Crippen LogP) is 0.898. The van der Waals surface area contributed by atoms with E-state index in [-0.39, 0.29) is 42.0 Å². The van der Waals surface area contributed by atoms with Gasteiger partial charge in [-0.2, -0.15) is 4.98 Å². The Bertz CT molecular complexity index is 695. The summed E-state index contributed by atoms with van der Waals surface area (Å²) in [6.45, 7) is 1.41. The summed E-state index contributed by atoms with van der Waals surface area (Å²) in [6, 6.07) is 0. The maximum atomic E-state index is 11.8. The van der Waals surface area contributed by atoms with Gasteiger partial charge in [0.2, 0.25) is 11.9 Å². The average Bonchev–Trinajstić information content (AvgIpc) is 2.83. The van der Waals surface area contributed by atoms with E-state index in [4.69, 9.17) is 27.9 Å². The molecule has 2 aromatic heterocycles. The van der Waals surface area contributed by atoms with Crippen LogP contribution in [0, 0.1) is 0 Å². The third-order valence-corrected chi connectivity index (χ3v) is 3.25. The number of hydrogen-bond donors (Lipinski definition) is 2. The van der Waals surface area contributed by atoms with Crippen LogP contribution in [0.5, 0.6) is 0 Å². The van der Waals surface area contributed by atoms with E-state index in [0.717, 1.165) is 0 Å². The first-order chi connectivity index (χ1) is 10.0. The number of anilines is 1. The van der Waals surface area contributed by atoms with Gasteiger partial charge in [-0.25, -0.2) is 4.98 Å². The second kappa shape index (κ2) is 6.88. The zero-order valence-electron chi connectivity index (χ0n) is 11.1. The number of carbonyl (C=O) groups is 1. The Kier molecular flexibility index (Phi) is 5.16. The van der Waals surface area contributed by atoms with E-state index in [9.17, 15) is 9.59 Å². The van der Waals surface area contributed by atoms with E-state index in [2.05, 4.69) is 20.3 Å².